The first-order valence-corrected chi connectivity index (χ1v) is 12.6. The molecule has 12 heteroatoms. The molecule has 0 atom stereocenters. The zero-order valence-electron chi connectivity index (χ0n) is 21.9. The minimum atomic E-state index is -4.93. The third-order valence-corrected chi connectivity index (χ3v) is 6.73. The van der Waals surface area contributed by atoms with Gasteiger partial charge in [0, 0.05) is 30.2 Å². The zero-order valence-corrected chi connectivity index (χ0v) is 23.9. The van der Waals surface area contributed by atoms with Gasteiger partial charge in [0.05, 0.1) is 0 Å². The summed E-state index contributed by atoms with van der Waals surface area (Å²) in [5, 5.41) is 15.8. The van der Waals surface area contributed by atoms with Crippen molar-refractivity contribution in [2.45, 2.75) is 50.6 Å². The van der Waals surface area contributed by atoms with Crippen LogP contribution in [0.15, 0.2) is 59.0 Å². The Hall–Kier alpha value is -3.15. The molecule has 1 aliphatic carbocycles. The van der Waals surface area contributed by atoms with Gasteiger partial charge in [-0.3, -0.25) is 9.59 Å². The fourth-order valence-corrected chi connectivity index (χ4v) is 4.74. The summed E-state index contributed by atoms with van der Waals surface area (Å²) < 4.78 is 45.2. The molecule has 2 aromatic carbocycles. The van der Waals surface area contributed by atoms with Crippen molar-refractivity contribution in [1.29, 1.82) is 0 Å². The van der Waals surface area contributed by atoms with Crippen molar-refractivity contribution in [2.24, 2.45) is 5.92 Å². The van der Waals surface area contributed by atoms with Crippen molar-refractivity contribution in [3.63, 3.8) is 0 Å². The molecule has 0 bridgehead atoms. The number of nitrogens with zero attached hydrogens (tertiary/aromatic N) is 1. The van der Waals surface area contributed by atoms with Crippen molar-refractivity contribution in [2.75, 3.05) is 11.9 Å². The number of hydrogen-bond donors (Lipinski definition) is 2. The molecule has 8 nitrogen and oxygen atoms in total. The molecule has 0 saturated heterocycles. The Balaban J connectivity index is 0.00000441. The number of carbonyl (C=O) groups excluding carboxylic acids is 3. The van der Waals surface area contributed by atoms with Crippen molar-refractivity contribution in [1.82, 2.24) is 10.3 Å². The number of benzene rings is 2. The van der Waals surface area contributed by atoms with Crippen molar-refractivity contribution >= 4 is 23.5 Å². The van der Waals surface area contributed by atoms with Gasteiger partial charge in [-0.15, -0.1) is 0 Å². The molecular formula is C28H27F3N3NaO5. The average molecular weight is 566 g/mol. The van der Waals surface area contributed by atoms with Gasteiger partial charge in [-0.25, -0.2) is 4.98 Å². The Morgan fingerprint density at radius 1 is 0.975 bits per heavy atom. The summed E-state index contributed by atoms with van der Waals surface area (Å²) in [6.07, 6.45) is -1.57. The molecule has 3 aromatic rings. The van der Waals surface area contributed by atoms with Crippen molar-refractivity contribution < 1.29 is 66.6 Å². The second kappa shape index (κ2) is 14.0. The first-order chi connectivity index (χ1) is 18.6. The van der Waals surface area contributed by atoms with Crippen LogP contribution in [-0.4, -0.2) is 29.3 Å². The number of hydrogen-bond acceptors (Lipinski definition) is 6. The molecule has 0 radical (unpaired) electrons. The third-order valence-electron chi connectivity index (χ3n) is 6.73. The van der Waals surface area contributed by atoms with Crippen LogP contribution < -0.4 is 45.3 Å². The first-order valence-electron chi connectivity index (χ1n) is 12.6. The van der Waals surface area contributed by atoms with E-state index < -0.39 is 35.4 Å². The van der Waals surface area contributed by atoms with Crippen LogP contribution in [0.4, 0.5) is 18.9 Å². The first kappa shape index (κ1) is 31.4. The molecule has 1 aliphatic rings. The molecule has 2 amide bonds. The Morgan fingerprint density at radius 2 is 1.62 bits per heavy atom. The van der Waals surface area contributed by atoms with Gasteiger partial charge in [0.15, 0.2) is 5.69 Å². The maximum atomic E-state index is 13.4. The second-order valence-electron chi connectivity index (χ2n) is 9.53. The smallest absolute Gasteiger partial charge is 0.550 e. The Bertz CT molecular complexity index is 1300. The van der Waals surface area contributed by atoms with Crippen LogP contribution in [0.3, 0.4) is 0 Å². The number of rotatable bonds is 9. The number of halogens is 3. The van der Waals surface area contributed by atoms with Gasteiger partial charge in [-0.05, 0) is 73.8 Å². The molecule has 1 aromatic heterocycles. The van der Waals surface area contributed by atoms with E-state index in [0.717, 1.165) is 31.2 Å². The van der Waals surface area contributed by atoms with Gasteiger partial charge >= 0.3 is 35.7 Å². The van der Waals surface area contributed by atoms with Crippen LogP contribution in [0, 0.1) is 5.92 Å². The third kappa shape index (κ3) is 8.42. The van der Waals surface area contributed by atoms with Crippen LogP contribution in [0.25, 0.3) is 11.5 Å². The summed E-state index contributed by atoms with van der Waals surface area (Å²) in [5.74, 6) is -3.90. The van der Waals surface area contributed by atoms with Crippen LogP contribution in [0.2, 0.25) is 0 Å². The second-order valence-corrected chi connectivity index (χ2v) is 9.53. The van der Waals surface area contributed by atoms with Gasteiger partial charge in [-0.2, -0.15) is 13.2 Å². The molecule has 0 unspecified atom stereocenters. The molecule has 1 saturated carbocycles. The van der Waals surface area contributed by atoms with Crippen LogP contribution in [0.5, 0.6) is 0 Å². The molecule has 206 valence electrons. The predicted octanol–water partition coefficient (Wildman–Crippen LogP) is 1.54. The number of nitrogens with one attached hydrogen (secondary N) is 2. The molecule has 0 aliphatic heterocycles. The van der Waals surface area contributed by atoms with Gasteiger partial charge in [-0.1, -0.05) is 30.3 Å². The number of carboxylic acids is 1. The number of oxazole rings is 1. The van der Waals surface area contributed by atoms with E-state index in [9.17, 15) is 32.7 Å². The Morgan fingerprint density at radius 3 is 2.23 bits per heavy atom. The number of aromatic nitrogens is 1. The van der Waals surface area contributed by atoms with E-state index in [0.29, 0.717) is 11.6 Å². The quantitative estimate of drug-likeness (QED) is 0.380. The molecule has 1 fully saturated rings. The standard InChI is InChI=1S/C28H28F3N3O5.Na/c29-28(30,31)25-24(34-27(39-25)20-4-2-1-3-5-20)26(38)32-15-14-22(35)33-21-12-10-19(11-13-21)18-8-6-17(7-9-18)16-23(36)37;/h1-5,10-13,17-18H,6-9,14-16H2,(H,32,38)(H,33,35)(H,36,37);/q;+1/p-1. The van der Waals surface area contributed by atoms with E-state index in [-0.39, 0.29) is 66.3 Å². The molecule has 40 heavy (non-hydrogen) atoms. The van der Waals surface area contributed by atoms with E-state index in [1.807, 2.05) is 12.1 Å². The van der Waals surface area contributed by atoms with Gasteiger partial charge in [0.2, 0.25) is 17.6 Å². The minimum Gasteiger partial charge on any atom is -0.550 e. The topological polar surface area (TPSA) is 124 Å². The largest absolute Gasteiger partial charge is 1.00 e. The Kier molecular flexibility index (Phi) is 11.0. The molecule has 0 spiro atoms. The summed E-state index contributed by atoms with van der Waals surface area (Å²) in [5.41, 5.74) is 1.04. The molecular weight excluding hydrogens is 538 g/mol. The van der Waals surface area contributed by atoms with E-state index >= 15 is 0 Å². The van der Waals surface area contributed by atoms with Crippen LogP contribution in [0.1, 0.15) is 66.3 Å². The zero-order chi connectivity index (χ0) is 28.0. The number of carboxylic acid groups (broad SMARTS) is 1. The molecule has 2 N–H and O–H groups in total. The van der Waals surface area contributed by atoms with Crippen LogP contribution >= 0.6 is 0 Å². The maximum Gasteiger partial charge on any atom is 1.00 e. The van der Waals surface area contributed by atoms with Gasteiger partial charge in [0.25, 0.3) is 5.91 Å². The van der Waals surface area contributed by atoms with E-state index in [4.69, 9.17) is 4.42 Å². The fraction of sp³-hybridized carbons (Fsp3) is 0.357. The number of alkyl halides is 3. The predicted molar refractivity (Wildman–Crippen MR) is 133 cm³/mol. The molecule has 4 rings (SSSR count). The fourth-order valence-electron chi connectivity index (χ4n) is 4.74. The summed E-state index contributed by atoms with van der Waals surface area (Å²) in [4.78, 5) is 39.3. The number of carbonyl (C=O) groups is 3. The monoisotopic (exact) mass is 565 g/mol. The number of aliphatic carboxylic acids is 1. The van der Waals surface area contributed by atoms with Crippen molar-refractivity contribution in [3.8, 4) is 11.5 Å². The summed E-state index contributed by atoms with van der Waals surface area (Å²) in [7, 11) is 0. The number of amides is 2. The average Bonchev–Trinajstić information content (AvgIpc) is 3.37. The van der Waals surface area contributed by atoms with Gasteiger partial charge < -0.3 is 25.0 Å². The van der Waals surface area contributed by atoms with E-state index in [1.54, 1.807) is 30.3 Å². The van der Waals surface area contributed by atoms with E-state index in [2.05, 4.69) is 15.6 Å². The molecule has 1 heterocycles. The minimum absolute atomic E-state index is 0. The summed E-state index contributed by atoms with van der Waals surface area (Å²) in [6, 6.07) is 15.2. The Labute approximate surface area is 251 Å². The summed E-state index contributed by atoms with van der Waals surface area (Å²) in [6.45, 7) is -0.206. The maximum absolute atomic E-state index is 13.4. The van der Waals surface area contributed by atoms with Gasteiger partial charge in [0.1, 0.15) is 0 Å². The summed E-state index contributed by atoms with van der Waals surface area (Å²) >= 11 is 0. The SMILES string of the molecule is O=C([O-])CC1CCC(c2ccc(NC(=O)CCNC(=O)c3nc(-c4ccccc4)oc3C(F)(F)F)cc2)CC1.[Na+]. The normalized spacial score (nSPS) is 17.0. The number of anilines is 1. The van der Waals surface area contributed by atoms with Crippen LogP contribution in [-0.2, 0) is 15.8 Å². The van der Waals surface area contributed by atoms with E-state index in [1.165, 1.54) is 12.1 Å². The van der Waals surface area contributed by atoms with Crippen molar-refractivity contribution in [3.05, 3.63) is 71.6 Å².